The molecule has 112 valence electrons. The quantitative estimate of drug-likeness (QED) is 0.471. The Hall–Kier alpha value is -1.51. The van der Waals surface area contributed by atoms with Gasteiger partial charge in [0.2, 0.25) is 0 Å². The number of nitrogens with two attached hydrogens (primary N) is 1. The fraction of sp³-hybridized carbons (Fsp3) is 0.364. The average molecular weight is 323 g/mol. The largest absolute Gasteiger partial charge is 0.480 e. The van der Waals surface area contributed by atoms with Gasteiger partial charge in [0.15, 0.2) is 0 Å². The Bertz CT molecular complexity index is 613. The second kappa shape index (κ2) is 5.47. The van der Waals surface area contributed by atoms with Crippen molar-refractivity contribution in [3.63, 3.8) is 0 Å². The van der Waals surface area contributed by atoms with Crippen molar-refractivity contribution < 1.29 is 19.0 Å². The lowest BCUT2D eigenvalue weighted by Gasteiger charge is -2.36. The van der Waals surface area contributed by atoms with Crippen LogP contribution in [0.3, 0.4) is 0 Å². The van der Waals surface area contributed by atoms with E-state index in [1.807, 2.05) is 0 Å². The van der Waals surface area contributed by atoms with Crippen LogP contribution in [0.2, 0.25) is 0 Å². The van der Waals surface area contributed by atoms with E-state index in [1.165, 1.54) is 12.1 Å². The van der Waals surface area contributed by atoms with Crippen LogP contribution in [0.25, 0.3) is 0 Å². The molecule has 1 rings (SSSR count). The van der Waals surface area contributed by atoms with Gasteiger partial charge in [-0.25, -0.2) is 4.21 Å². The van der Waals surface area contributed by atoms with Crippen molar-refractivity contribution >= 4 is 30.8 Å². The summed E-state index contributed by atoms with van der Waals surface area (Å²) in [6.07, 6.45) is 0.322. The molecule has 0 spiro atoms. The van der Waals surface area contributed by atoms with Gasteiger partial charge in [0, 0.05) is 6.07 Å². The Balaban J connectivity index is 3.58. The fourth-order valence-electron chi connectivity index (χ4n) is 1.89. The first-order chi connectivity index (χ1) is 9.10. The van der Waals surface area contributed by atoms with Crippen LogP contribution in [0.15, 0.2) is 29.2 Å². The third-order valence-electron chi connectivity index (χ3n) is 2.85. The lowest BCUT2D eigenvalue weighted by Crippen LogP contribution is -2.51. The first-order valence-electron chi connectivity index (χ1n) is 5.74. The van der Waals surface area contributed by atoms with Crippen LogP contribution >= 0.6 is 10.7 Å². The van der Waals surface area contributed by atoms with Gasteiger partial charge in [-0.15, -0.1) is 0 Å². The summed E-state index contributed by atoms with van der Waals surface area (Å²) in [6, 6.07) is 4.95. The molecule has 1 atom stereocenters. The smallest absolute Gasteiger partial charge is 0.320 e. The highest BCUT2D eigenvalue weighted by Gasteiger charge is 2.48. The van der Waals surface area contributed by atoms with Gasteiger partial charge in [-0.05, 0) is 23.2 Å². The normalized spacial score (nSPS) is 15.1. The monoisotopic (exact) mass is 322 g/mol. The van der Waals surface area contributed by atoms with E-state index in [1.54, 1.807) is 6.92 Å². The SMILES string of the molecule is CCCC(C(=O)O)S(N)(=O)(Cl)c1ccccc1[N+](=O)[O-]. The van der Waals surface area contributed by atoms with Crippen molar-refractivity contribution in [3.8, 4) is 0 Å². The molecule has 0 saturated heterocycles. The van der Waals surface area contributed by atoms with Gasteiger partial charge < -0.3 is 5.11 Å². The third-order valence-corrected chi connectivity index (χ3v) is 6.69. The summed E-state index contributed by atoms with van der Waals surface area (Å²) in [5.74, 6) is -1.44. The van der Waals surface area contributed by atoms with Crippen LogP contribution in [0.1, 0.15) is 19.8 Å². The fourth-order valence-corrected chi connectivity index (χ4v) is 5.03. The molecule has 0 saturated carbocycles. The summed E-state index contributed by atoms with van der Waals surface area (Å²) in [7, 11) is 1.03. The van der Waals surface area contributed by atoms with Crippen molar-refractivity contribution in [2.75, 3.05) is 0 Å². The Morgan fingerprint density at radius 2 is 2.10 bits per heavy atom. The summed E-state index contributed by atoms with van der Waals surface area (Å²) < 4.78 is 12.9. The van der Waals surface area contributed by atoms with E-state index in [-0.39, 0.29) is 6.42 Å². The minimum absolute atomic E-state index is 0.0489. The summed E-state index contributed by atoms with van der Waals surface area (Å²) >= 11 is 0. The summed E-state index contributed by atoms with van der Waals surface area (Å²) in [4.78, 5) is 21.0. The lowest BCUT2D eigenvalue weighted by molar-refractivity contribution is -0.387. The van der Waals surface area contributed by atoms with Crippen LogP contribution in [0.5, 0.6) is 0 Å². The molecule has 1 aromatic carbocycles. The predicted octanol–water partition coefficient (Wildman–Crippen LogP) is 2.05. The van der Waals surface area contributed by atoms with Crippen LogP contribution in [-0.4, -0.2) is 25.5 Å². The Morgan fingerprint density at radius 3 is 2.55 bits per heavy atom. The van der Waals surface area contributed by atoms with Crippen molar-refractivity contribution in [3.05, 3.63) is 34.4 Å². The van der Waals surface area contributed by atoms with Crippen LogP contribution in [0.4, 0.5) is 5.69 Å². The zero-order chi connectivity index (χ0) is 15.6. The maximum Gasteiger partial charge on any atom is 0.320 e. The zero-order valence-electron chi connectivity index (χ0n) is 10.7. The number of para-hydroxylation sites is 1. The second-order valence-electron chi connectivity index (χ2n) is 4.31. The number of carbonyl (C=O) groups is 1. The van der Waals surface area contributed by atoms with Crippen molar-refractivity contribution in [1.29, 1.82) is 0 Å². The number of nitro benzene ring substituents is 1. The molecular formula is C11H15ClN2O5S. The van der Waals surface area contributed by atoms with Crippen molar-refractivity contribution in [1.82, 2.24) is 0 Å². The van der Waals surface area contributed by atoms with Gasteiger partial charge >= 0.3 is 5.97 Å². The number of carboxylic acid groups (broad SMARTS) is 1. The van der Waals surface area contributed by atoms with Crippen molar-refractivity contribution in [2.45, 2.75) is 29.9 Å². The molecular weight excluding hydrogens is 308 g/mol. The van der Waals surface area contributed by atoms with Crippen LogP contribution in [0, 0.1) is 10.1 Å². The van der Waals surface area contributed by atoms with E-state index in [9.17, 15) is 24.2 Å². The molecule has 20 heavy (non-hydrogen) atoms. The number of aliphatic carboxylic acids is 1. The Kier molecular flexibility index (Phi) is 4.52. The van der Waals surface area contributed by atoms with E-state index in [0.29, 0.717) is 6.42 Å². The Morgan fingerprint density at radius 1 is 1.55 bits per heavy atom. The molecule has 0 fully saturated rings. The molecule has 0 radical (unpaired) electrons. The minimum atomic E-state index is -4.92. The molecule has 0 aliphatic rings. The molecule has 1 unspecified atom stereocenters. The molecule has 1 aromatic rings. The molecule has 0 amide bonds. The molecule has 0 aliphatic carbocycles. The van der Waals surface area contributed by atoms with Crippen molar-refractivity contribution in [2.24, 2.45) is 5.14 Å². The zero-order valence-corrected chi connectivity index (χ0v) is 12.3. The van der Waals surface area contributed by atoms with E-state index in [0.717, 1.165) is 12.1 Å². The number of rotatable bonds is 6. The van der Waals surface area contributed by atoms with Gasteiger partial charge in [0.1, 0.15) is 10.1 Å². The molecule has 0 heterocycles. The molecule has 7 nitrogen and oxygen atoms in total. The molecule has 3 N–H and O–H groups in total. The standard InChI is InChI=1S/C11H15ClN2O5S/c1-2-5-10(11(15)16)20(12,13,19)9-7-4-3-6-8(9)14(17)18/h3-4,6-7,10H,2,5H2,1H3,(H2,13,19)(H,15,16). The average Bonchev–Trinajstić information content (AvgIpc) is 2.34. The predicted molar refractivity (Wildman–Crippen MR) is 75.9 cm³/mol. The van der Waals surface area contributed by atoms with Gasteiger partial charge in [0.25, 0.3) is 5.69 Å². The highest BCUT2D eigenvalue weighted by atomic mass is 35.7. The highest BCUT2D eigenvalue weighted by Crippen LogP contribution is 2.44. The minimum Gasteiger partial charge on any atom is -0.480 e. The summed E-state index contributed by atoms with van der Waals surface area (Å²) in [5.41, 5.74) is -0.552. The first-order valence-corrected chi connectivity index (χ1v) is 8.66. The van der Waals surface area contributed by atoms with Gasteiger partial charge in [-0.2, -0.15) is 0 Å². The molecule has 0 aliphatic heterocycles. The maximum absolute atomic E-state index is 12.9. The topological polar surface area (TPSA) is 124 Å². The summed E-state index contributed by atoms with van der Waals surface area (Å²) in [6.45, 7) is 1.68. The highest BCUT2D eigenvalue weighted by molar-refractivity contribution is 8.37. The molecule has 0 aromatic heterocycles. The number of hydrogen-bond acceptors (Lipinski definition) is 4. The molecule has 9 heteroatoms. The number of nitro groups is 1. The third kappa shape index (κ3) is 2.97. The number of hydrogen-bond donors (Lipinski definition) is 2. The summed E-state index contributed by atoms with van der Waals surface area (Å²) in [5, 5.41) is 24.3. The van der Waals surface area contributed by atoms with Gasteiger partial charge in [0.05, 0.1) is 13.4 Å². The van der Waals surface area contributed by atoms with E-state index >= 15 is 0 Å². The number of nitrogens with zero attached hydrogens (tertiary/aromatic N) is 1. The van der Waals surface area contributed by atoms with E-state index in [4.69, 9.17) is 15.8 Å². The van der Waals surface area contributed by atoms with Crippen LogP contribution < -0.4 is 5.14 Å². The Labute approximate surface area is 119 Å². The number of carboxylic acids is 1. The maximum atomic E-state index is 12.9. The van der Waals surface area contributed by atoms with E-state index in [2.05, 4.69) is 0 Å². The first kappa shape index (κ1) is 16.5. The molecule has 0 bridgehead atoms. The van der Waals surface area contributed by atoms with E-state index < -0.39 is 35.2 Å². The van der Waals surface area contributed by atoms with Gasteiger partial charge in [-0.3, -0.25) is 20.0 Å². The number of halogens is 1. The lowest BCUT2D eigenvalue weighted by atomic mass is 10.2. The number of benzene rings is 1. The van der Waals surface area contributed by atoms with Crippen LogP contribution in [-0.2, 0) is 13.3 Å². The second-order valence-corrected chi connectivity index (χ2v) is 9.16. The van der Waals surface area contributed by atoms with Gasteiger partial charge in [-0.1, -0.05) is 25.5 Å².